The summed E-state index contributed by atoms with van der Waals surface area (Å²) in [5.74, 6) is 0.684. The Morgan fingerprint density at radius 3 is 2.58 bits per heavy atom. The Morgan fingerprint density at radius 2 is 1.82 bits per heavy atom. The number of aldehydes is 1. The molecule has 212 valence electrons. The monoisotopic (exact) mass is 542 g/mol. The normalized spacial score (nSPS) is 25.4. The number of anilines is 1. The van der Waals surface area contributed by atoms with Crippen LogP contribution in [0.5, 0.6) is 0 Å². The summed E-state index contributed by atoms with van der Waals surface area (Å²) in [5, 5.41) is 0. The number of benzene rings is 2. The topological polar surface area (TPSA) is 66.9 Å². The number of carbonyl (C=O) groups excluding carboxylic acids is 3. The highest BCUT2D eigenvalue weighted by atomic mass is 16.5. The second-order valence-electron chi connectivity index (χ2n) is 12.4. The molecule has 0 N–H and O–H groups in total. The van der Waals surface area contributed by atoms with Gasteiger partial charge in [0, 0.05) is 30.8 Å². The van der Waals surface area contributed by atoms with Crippen LogP contribution >= 0.6 is 0 Å². The molecule has 1 amide bonds. The van der Waals surface area contributed by atoms with Crippen LogP contribution in [0.2, 0.25) is 0 Å². The number of rotatable bonds is 9. The minimum absolute atomic E-state index is 0.00288. The number of unbranched alkanes of at least 4 members (excludes halogenated alkanes) is 1. The van der Waals surface area contributed by atoms with Gasteiger partial charge in [0.05, 0.1) is 5.41 Å². The molecule has 4 fully saturated rings. The molecule has 2 bridgehead atoms. The van der Waals surface area contributed by atoms with Crippen molar-refractivity contribution in [2.75, 3.05) is 31.1 Å². The SMILES string of the molecule is O=Cc1ccc2c(c1)CCC(=O)N2CCCCc1cccc(C2(C(=O)O[C@H]3CN4CCC3CC4)CCCCC2)c1. The molecule has 7 rings (SSSR count). The van der Waals surface area contributed by atoms with Crippen LogP contribution in [0.1, 0.15) is 91.3 Å². The van der Waals surface area contributed by atoms with E-state index in [4.69, 9.17) is 4.74 Å². The molecule has 1 atom stereocenters. The average molecular weight is 543 g/mol. The van der Waals surface area contributed by atoms with E-state index in [0.717, 1.165) is 101 Å². The first-order valence-electron chi connectivity index (χ1n) is 15.5. The highest BCUT2D eigenvalue weighted by Crippen LogP contribution is 2.42. The Kier molecular flexibility index (Phi) is 8.06. The highest BCUT2D eigenvalue weighted by molar-refractivity contribution is 5.97. The van der Waals surface area contributed by atoms with E-state index in [2.05, 4.69) is 29.2 Å². The fraction of sp³-hybridized carbons (Fsp3) is 0.559. The third-order valence-electron chi connectivity index (χ3n) is 9.97. The number of esters is 1. The van der Waals surface area contributed by atoms with Crippen molar-refractivity contribution in [3.63, 3.8) is 0 Å². The van der Waals surface area contributed by atoms with Gasteiger partial charge in [-0.15, -0.1) is 0 Å². The Balaban J connectivity index is 1.10. The smallest absolute Gasteiger partial charge is 0.316 e. The number of hydrogen-bond donors (Lipinski definition) is 0. The number of carbonyl (C=O) groups is 3. The molecule has 2 aromatic carbocycles. The van der Waals surface area contributed by atoms with E-state index in [1.165, 1.54) is 12.0 Å². The van der Waals surface area contributed by atoms with Gasteiger partial charge in [0.15, 0.2) is 0 Å². The van der Waals surface area contributed by atoms with E-state index >= 15 is 0 Å². The zero-order chi connectivity index (χ0) is 27.5. The molecule has 1 aliphatic carbocycles. The van der Waals surface area contributed by atoms with E-state index < -0.39 is 5.41 Å². The summed E-state index contributed by atoms with van der Waals surface area (Å²) in [6.45, 7) is 3.87. The zero-order valence-corrected chi connectivity index (χ0v) is 23.6. The summed E-state index contributed by atoms with van der Waals surface area (Å²) in [6, 6.07) is 14.3. The first kappa shape index (κ1) is 27.2. The minimum Gasteiger partial charge on any atom is -0.460 e. The first-order chi connectivity index (χ1) is 19.6. The molecule has 0 spiro atoms. The Morgan fingerprint density at radius 1 is 1.00 bits per heavy atom. The fourth-order valence-corrected chi connectivity index (χ4v) is 7.58. The lowest BCUT2D eigenvalue weighted by Crippen LogP contribution is -2.53. The quantitative estimate of drug-likeness (QED) is 0.233. The molecular formula is C34H42N2O4. The van der Waals surface area contributed by atoms with Crippen molar-refractivity contribution in [1.29, 1.82) is 0 Å². The Labute approximate surface area is 238 Å². The average Bonchev–Trinajstić information content (AvgIpc) is 3.01. The number of fused-ring (bicyclic) bond motifs is 4. The fourth-order valence-electron chi connectivity index (χ4n) is 7.58. The number of aryl methyl sites for hydroxylation is 2. The molecule has 0 aromatic heterocycles. The summed E-state index contributed by atoms with van der Waals surface area (Å²) >= 11 is 0. The maximum absolute atomic E-state index is 13.9. The predicted molar refractivity (Wildman–Crippen MR) is 156 cm³/mol. The lowest BCUT2D eigenvalue weighted by Gasteiger charge is -2.45. The van der Waals surface area contributed by atoms with Crippen LogP contribution in [0.4, 0.5) is 5.69 Å². The van der Waals surface area contributed by atoms with E-state index in [1.807, 2.05) is 17.0 Å². The van der Waals surface area contributed by atoms with Crippen molar-refractivity contribution >= 4 is 23.9 Å². The number of ether oxygens (including phenoxy) is 1. The zero-order valence-electron chi connectivity index (χ0n) is 23.6. The highest BCUT2D eigenvalue weighted by Gasteiger charge is 2.45. The Hall–Kier alpha value is -2.99. The molecule has 3 saturated heterocycles. The summed E-state index contributed by atoms with van der Waals surface area (Å²) in [4.78, 5) is 42.1. The Bertz CT molecular complexity index is 1240. The lowest BCUT2D eigenvalue weighted by molar-refractivity contribution is -0.167. The van der Waals surface area contributed by atoms with Crippen molar-refractivity contribution in [1.82, 2.24) is 4.90 Å². The molecule has 4 aliphatic heterocycles. The molecule has 1 saturated carbocycles. The van der Waals surface area contributed by atoms with Gasteiger partial charge >= 0.3 is 5.97 Å². The van der Waals surface area contributed by atoms with E-state index in [-0.39, 0.29) is 18.0 Å². The second-order valence-corrected chi connectivity index (χ2v) is 12.4. The van der Waals surface area contributed by atoms with Crippen molar-refractivity contribution < 1.29 is 19.1 Å². The molecule has 6 nitrogen and oxygen atoms in total. The van der Waals surface area contributed by atoms with Crippen LogP contribution < -0.4 is 4.90 Å². The lowest BCUT2D eigenvalue weighted by atomic mass is 9.69. The van der Waals surface area contributed by atoms with Crippen LogP contribution in [-0.4, -0.2) is 55.3 Å². The molecule has 2 aromatic rings. The van der Waals surface area contributed by atoms with Gasteiger partial charge in [-0.1, -0.05) is 43.5 Å². The predicted octanol–water partition coefficient (Wildman–Crippen LogP) is 5.64. The van der Waals surface area contributed by atoms with Crippen LogP contribution in [0.25, 0.3) is 0 Å². The van der Waals surface area contributed by atoms with Crippen LogP contribution in [0, 0.1) is 5.92 Å². The van der Waals surface area contributed by atoms with Gasteiger partial charge in [0.25, 0.3) is 0 Å². The maximum atomic E-state index is 13.9. The van der Waals surface area contributed by atoms with E-state index in [0.29, 0.717) is 30.9 Å². The third kappa shape index (κ3) is 5.47. The largest absolute Gasteiger partial charge is 0.460 e. The van der Waals surface area contributed by atoms with Crippen molar-refractivity contribution in [2.45, 2.75) is 88.6 Å². The summed E-state index contributed by atoms with van der Waals surface area (Å²) < 4.78 is 6.34. The van der Waals surface area contributed by atoms with Crippen molar-refractivity contribution in [3.05, 3.63) is 64.7 Å². The number of piperidine rings is 3. The van der Waals surface area contributed by atoms with Gasteiger partial charge in [0.1, 0.15) is 12.4 Å². The van der Waals surface area contributed by atoms with E-state index in [9.17, 15) is 14.4 Å². The molecular weight excluding hydrogens is 500 g/mol. The summed E-state index contributed by atoms with van der Waals surface area (Å²) in [5.41, 5.74) is 4.55. The molecule has 4 heterocycles. The number of hydrogen-bond acceptors (Lipinski definition) is 5. The van der Waals surface area contributed by atoms with Crippen LogP contribution in [0.3, 0.4) is 0 Å². The molecule has 5 aliphatic rings. The minimum atomic E-state index is -0.523. The second kappa shape index (κ2) is 11.9. The van der Waals surface area contributed by atoms with Gasteiger partial charge in [0.2, 0.25) is 5.91 Å². The van der Waals surface area contributed by atoms with E-state index in [1.54, 1.807) is 6.07 Å². The molecule has 40 heavy (non-hydrogen) atoms. The van der Waals surface area contributed by atoms with Gasteiger partial charge in [-0.25, -0.2) is 0 Å². The number of nitrogens with zero attached hydrogens (tertiary/aromatic N) is 2. The first-order valence-corrected chi connectivity index (χ1v) is 15.5. The maximum Gasteiger partial charge on any atom is 0.316 e. The standard InChI is InChI=1S/C34H42N2O4/c37-24-26-10-12-30-28(21-26)11-13-32(38)36(30)18-5-2-7-25-8-6-9-29(22-25)34(16-3-1-4-17-34)33(39)40-31-23-35-19-14-27(31)15-20-35/h6,8-10,12,21-22,24,27,31H,1-5,7,11,13-20,23H2/t31-/m0/s1. The molecule has 6 heteroatoms. The van der Waals surface area contributed by atoms with Crippen molar-refractivity contribution in [3.8, 4) is 0 Å². The van der Waals surface area contributed by atoms with Gasteiger partial charge in [-0.3, -0.25) is 19.3 Å². The van der Waals surface area contributed by atoms with Gasteiger partial charge in [-0.2, -0.15) is 0 Å². The van der Waals surface area contributed by atoms with Gasteiger partial charge < -0.3 is 9.64 Å². The van der Waals surface area contributed by atoms with Crippen molar-refractivity contribution in [2.24, 2.45) is 5.92 Å². The summed E-state index contributed by atoms with van der Waals surface area (Å²) in [7, 11) is 0. The molecule has 0 unspecified atom stereocenters. The number of amides is 1. The van der Waals surface area contributed by atoms with Crippen LogP contribution in [-0.2, 0) is 32.6 Å². The van der Waals surface area contributed by atoms with Crippen LogP contribution in [0.15, 0.2) is 42.5 Å². The summed E-state index contributed by atoms with van der Waals surface area (Å²) in [6.07, 6.45) is 12.2. The molecule has 0 radical (unpaired) electrons. The third-order valence-corrected chi connectivity index (χ3v) is 9.97. The van der Waals surface area contributed by atoms with Gasteiger partial charge in [-0.05, 0) is 105 Å².